The Kier molecular flexibility index (Phi) is 3.74. The van der Waals surface area contributed by atoms with Crippen molar-refractivity contribution in [3.8, 4) is 11.5 Å². The second kappa shape index (κ2) is 4.88. The number of methoxy groups -OCH3 is 2. The molecule has 0 saturated heterocycles. The number of carboxylic acid groups (broad SMARTS) is 1. The minimum absolute atomic E-state index is 0.0144. The SMILES string of the molecule is COc1cc(C(=O)O)c([N+](=O)[O-])c(Cl)c1OC. The molecule has 1 N–H and O–H groups in total. The highest BCUT2D eigenvalue weighted by molar-refractivity contribution is 6.35. The van der Waals surface area contributed by atoms with Gasteiger partial charge in [0.1, 0.15) is 5.56 Å². The van der Waals surface area contributed by atoms with Gasteiger partial charge >= 0.3 is 11.7 Å². The summed E-state index contributed by atoms with van der Waals surface area (Å²) in [6, 6.07) is 0.991. The highest BCUT2D eigenvalue weighted by Gasteiger charge is 2.30. The van der Waals surface area contributed by atoms with Crippen molar-refractivity contribution in [1.29, 1.82) is 0 Å². The highest BCUT2D eigenvalue weighted by atomic mass is 35.5. The highest BCUT2D eigenvalue weighted by Crippen LogP contribution is 2.43. The van der Waals surface area contributed by atoms with E-state index in [1.807, 2.05) is 0 Å². The van der Waals surface area contributed by atoms with Crippen LogP contribution in [-0.2, 0) is 0 Å². The first-order valence-corrected chi connectivity index (χ1v) is 4.64. The molecule has 0 bridgehead atoms. The second-order valence-electron chi connectivity index (χ2n) is 2.88. The van der Waals surface area contributed by atoms with E-state index in [2.05, 4.69) is 0 Å². The van der Waals surface area contributed by atoms with Gasteiger partial charge in [-0.25, -0.2) is 4.79 Å². The molecule has 0 aliphatic heterocycles. The van der Waals surface area contributed by atoms with Gasteiger partial charge in [0.2, 0.25) is 0 Å². The summed E-state index contributed by atoms with van der Waals surface area (Å²) in [4.78, 5) is 20.8. The van der Waals surface area contributed by atoms with Gasteiger partial charge in [-0.05, 0) is 0 Å². The number of nitrogens with zero attached hydrogens (tertiary/aromatic N) is 1. The van der Waals surface area contributed by atoms with Crippen LogP contribution >= 0.6 is 11.6 Å². The molecule has 7 nitrogen and oxygen atoms in total. The number of benzene rings is 1. The van der Waals surface area contributed by atoms with E-state index >= 15 is 0 Å². The van der Waals surface area contributed by atoms with Gasteiger partial charge in [0.05, 0.1) is 19.1 Å². The van der Waals surface area contributed by atoms with Crippen LogP contribution in [0.25, 0.3) is 0 Å². The van der Waals surface area contributed by atoms with E-state index in [1.165, 1.54) is 14.2 Å². The van der Waals surface area contributed by atoms with Crippen molar-refractivity contribution in [3.05, 3.63) is 26.8 Å². The van der Waals surface area contributed by atoms with Crippen LogP contribution in [0.1, 0.15) is 10.4 Å². The van der Waals surface area contributed by atoms with Crippen LogP contribution in [0.3, 0.4) is 0 Å². The fourth-order valence-electron chi connectivity index (χ4n) is 1.28. The van der Waals surface area contributed by atoms with Gasteiger partial charge in [0.15, 0.2) is 16.5 Å². The number of rotatable bonds is 4. The Morgan fingerprint density at radius 1 is 1.47 bits per heavy atom. The average Bonchev–Trinajstić information content (AvgIpc) is 2.26. The molecule has 92 valence electrons. The Morgan fingerprint density at radius 3 is 2.41 bits per heavy atom. The molecule has 0 radical (unpaired) electrons. The summed E-state index contributed by atoms with van der Waals surface area (Å²) in [5.74, 6) is -1.54. The summed E-state index contributed by atoms with van der Waals surface area (Å²) >= 11 is 5.73. The molecule has 0 heterocycles. The van der Waals surface area contributed by atoms with Crippen molar-refractivity contribution >= 4 is 23.3 Å². The Bertz CT molecular complexity index is 487. The number of halogens is 1. The predicted octanol–water partition coefficient (Wildman–Crippen LogP) is 1.96. The maximum Gasteiger partial charge on any atom is 0.342 e. The standard InChI is InChI=1S/C9H8ClNO6/c1-16-5-3-4(9(12)13)7(11(14)15)6(10)8(5)17-2/h3H,1-2H3,(H,12,13). The van der Waals surface area contributed by atoms with Gasteiger partial charge < -0.3 is 14.6 Å². The first kappa shape index (κ1) is 13.0. The van der Waals surface area contributed by atoms with Crippen LogP contribution in [-0.4, -0.2) is 30.2 Å². The summed E-state index contributed by atoms with van der Waals surface area (Å²) in [5, 5.41) is 19.2. The van der Waals surface area contributed by atoms with Gasteiger partial charge in [-0.15, -0.1) is 0 Å². The van der Waals surface area contributed by atoms with E-state index < -0.39 is 27.2 Å². The maximum atomic E-state index is 10.9. The first-order chi connectivity index (χ1) is 7.93. The lowest BCUT2D eigenvalue weighted by Crippen LogP contribution is -2.05. The third kappa shape index (κ3) is 2.23. The van der Waals surface area contributed by atoms with Gasteiger partial charge in [0, 0.05) is 6.07 Å². The Hall–Kier alpha value is -2.02. The normalized spacial score (nSPS) is 9.82. The molecule has 0 spiro atoms. The second-order valence-corrected chi connectivity index (χ2v) is 3.26. The number of hydrogen-bond acceptors (Lipinski definition) is 5. The Labute approximate surface area is 101 Å². The van der Waals surface area contributed by atoms with E-state index in [4.69, 9.17) is 26.2 Å². The fourth-order valence-corrected chi connectivity index (χ4v) is 1.62. The van der Waals surface area contributed by atoms with Crippen molar-refractivity contribution < 1.29 is 24.3 Å². The summed E-state index contributed by atoms with van der Waals surface area (Å²) in [6.45, 7) is 0. The van der Waals surface area contributed by atoms with Gasteiger partial charge in [-0.2, -0.15) is 0 Å². The predicted molar refractivity (Wildman–Crippen MR) is 58.2 cm³/mol. The smallest absolute Gasteiger partial charge is 0.342 e. The van der Waals surface area contributed by atoms with E-state index in [0.717, 1.165) is 6.07 Å². The minimum Gasteiger partial charge on any atom is -0.493 e. The van der Waals surface area contributed by atoms with E-state index in [-0.39, 0.29) is 11.5 Å². The molecular formula is C9H8ClNO6. The first-order valence-electron chi connectivity index (χ1n) is 4.26. The van der Waals surface area contributed by atoms with Crippen LogP contribution in [0.15, 0.2) is 6.07 Å². The number of ether oxygens (including phenoxy) is 2. The number of nitro benzene ring substituents is 1. The zero-order valence-corrected chi connectivity index (χ0v) is 9.65. The van der Waals surface area contributed by atoms with Crippen molar-refractivity contribution in [2.75, 3.05) is 14.2 Å². The maximum absolute atomic E-state index is 10.9. The molecule has 0 unspecified atom stereocenters. The lowest BCUT2D eigenvalue weighted by molar-refractivity contribution is -0.385. The van der Waals surface area contributed by atoms with Crippen molar-refractivity contribution in [2.24, 2.45) is 0 Å². The van der Waals surface area contributed by atoms with Crippen LogP contribution in [0.2, 0.25) is 5.02 Å². The molecule has 0 saturated carbocycles. The zero-order chi connectivity index (χ0) is 13.2. The summed E-state index contributed by atoms with van der Waals surface area (Å²) in [7, 11) is 2.51. The Balaban J connectivity index is 3.67. The summed E-state index contributed by atoms with van der Waals surface area (Å²) < 4.78 is 9.69. The van der Waals surface area contributed by atoms with E-state index in [0.29, 0.717) is 0 Å². The third-order valence-corrected chi connectivity index (χ3v) is 2.35. The van der Waals surface area contributed by atoms with Gasteiger partial charge in [-0.3, -0.25) is 10.1 Å². The molecule has 8 heteroatoms. The molecule has 1 rings (SSSR count). The van der Waals surface area contributed by atoms with Gasteiger partial charge in [0.25, 0.3) is 0 Å². The third-order valence-electron chi connectivity index (χ3n) is 2.00. The molecule has 0 atom stereocenters. The van der Waals surface area contributed by atoms with Crippen LogP contribution in [0.5, 0.6) is 11.5 Å². The lowest BCUT2D eigenvalue weighted by Gasteiger charge is -2.10. The van der Waals surface area contributed by atoms with Crippen molar-refractivity contribution in [2.45, 2.75) is 0 Å². The molecule has 17 heavy (non-hydrogen) atoms. The summed E-state index contributed by atoms with van der Waals surface area (Å²) in [5.41, 5.74) is -1.28. The molecule has 0 aliphatic carbocycles. The minimum atomic E-state index is -1.47. The summed E-state index contributed by atoms with van der Waals surface area (Å²) in [6.07, 6.45) is 0. The number of hydrogen-bond donors (Lipinski definition) is 1. The monoisotopic (exact) mass is 261 g/mol. The average molecular weight is 262 g/mol. The van der Waals surface area contributed by atoms with Gasteiger partial charge in [-0.1, -0.05) is 11.6 Å². The number of nitro groups is 1. The van der Waals surface area contributed by atoms with E-state index in [1.54, 1.807) is 0 Å². The Morgan fingerprint density at radius 2 is 2.06 bits per heavy atom. The number of aromatic carboxylic acids is 1. The van der Waals surface area contributed by atoms with Crippen LogP contribution in [0, 0.1) is 10.1 Å². The van der Waals surface area contributed by atoms with Crippen molar-refractivity contribution in [3.63, 3.8) is 0 Å². The lowest BCUT2D eigenvalue weighted by atomic mass is 10.1. The molecule has 0 aliphatic rings. The van der Waals surface area contributed by atoms with Crippen LogP contribution < -0.4 is 9.47 Å². The number of carboxylic acids is 1. The number of carbonyl (C=O) groups is 1. The molecule has 0 amide bonds. The van der Waals surface area contributed by atoms with Crippen molar-refractivity contribution in [1.82, 2.24) is 0 Å². The van der Waals surface area contributed by atoms with Crippen LogP contribution in [0.4, 0.5) is 5.69 Å². The molecule has 1 aromatic carbocycles. The topological polar surface area (TPSA) is 98.9 Å². The fraction of sp³-hybridized carbons (Fsp3) is 0.222. The zero-order valence-electron chi connectivity index (χ0n) is 8.89. The van der Waals surface area contributed by atoms with E-state index in [9.17, 15) is 14.9 Å². The molecule has 0 aromatic heterocycles. The quantitative estimate of drug-likeness (QED) is 0.657. The largest absolute Gasteiger partial charge is 0.493 e. The molecule has 0 fully saturated rings. The molecule has 1 aromatic rings. The molecular weight excluding hydrogens is 254 g/mol.